The summed E-state index contributed by atoms with van der Waals surface area (Å²) in [6, 6.07) is 0.563. The lowest BCUT2D eigenvalue weighted by Gasteiger charge is -2.08. The van der Waals surface area contributed by atoms with E-state index in [-0.39, 0.29) is 0 Å². The predicted molar refractivity (Wildman–Crippen MR) is 49.4 cm³/mol. The summed E-state index contributed by atoms with van der Waals surface area (Å²) in [5.41, 5.74) is -2.78. The molecule has 0 bridgehead atoms. The Kier molecular flexibility index (Phi) is 3.51. The highest BCUT2D eigenvalue weighted by Crippen LogP contribution is 2.35. The van der Waals surface area contributed by atoms with Crippen LogP contribution in [0.3, 0.4) is 0 Å². The number of pyridine rings is 1. The summed E-state index contributed by atoms with van der Waals surface area (Å²) in [6.07, 6.45) is -3.18. The Hall–Kier alpha value is -2.32. The van der Waals surface area contributed by atoms with Crippen LogP contribution in [0.25, 0.3) is 0 Å². The first-order valence-electron chi connectivity index (χ1n) is 4.13. The molecule has 0 aromatic carbocycles. The molecule has 0 radical (unpaired) electrons. The van der Waals surface area contributed by atoms with E-state index in [1.807, 2.05) is 0 Å². The van der Waals surface area contributed by atoms with Crippen molar-refractivity contribution in [1.82, 2.24) is 4.98 Å². The third-order valence-corrected chi connectivity index (χ3v) is 1.81. The Morgan fingerprint density at radius 3 is 2.59 bits per heavy atom. The van der Waals surface area contributed by atoms with E-state index in [0.29, 0.717) is 6.07 Å². The van der Waals surface area contributed by atoms with Gasteiger partial charge in [0.05, 0.1) is 18.1 Å². The largest absolute Gasteiger partial charge is 0.489 e. The second-order valence-corrected chi connectivity index (χ2v) is 2.81. The minimum atomic E-state index is -3.18. The van der Waals surface area contributed by atoms with Crippen molar-refractivity contribution >= 4 is 11.7 Å². The van der Waals surface area contributed by atoms with Gasteiger partial charge in [0.15, 0.2) is 11.4 Å². The number of halogens is 2. The van der Waals surface area contributed by atoms with Crippen LogP contribution in [0.1, 0.15) is 22.6 Å². The molecule has 0 unspecified atom stereocenters. The van der Waals surface area contributed by atoms with Crippen molar-refractivity contribution in [3.63, 3.8) is 0 Å². The second kappa shape index (κ2) is 4.68. The van der Waals surface area contributed by atoms with Crippen LogP contribution in [0.2, 0.25) is 0 Å². The van der Waals surface area contributed by atoms with Gasteiger partial charge in [0, 0.05) is 0 Å². The highest BCUT2D eigenvalue weighted by Gasteiger charge is 2.28. The molecule has 1 rings (SSSR count). The number of nitrogens with zero attached hydrogens (tertiary/aromatic N) is 2. The van der Waals surface area contributed by atoms with Crippen LogP contribution in [-0.2, 0) is 0 Å². The van der Waals surface area contributed by atoms with E-state index in [1.165, 1.54) is 0 Å². The Morgan fingerprint density at radius 1 is 1.65 bits per heavy atom. The molecule has 7 nitrogen and oxygen atoms in total. The maximum atomic E-state index is 12.5. The Labute approximate surface area is 92.8 Å². The summed E-state index contributed by atoms with van der Waals surface area (Å²) in [4.78, 5) is 23.3. The number of aromatic nitrogens is 1. The van der Waals surface area contributed by atoms with Crippen LogP contribution in [0.5, 0.6) is 5.75 Å². The minimum Gasteiger partial charge on any atom is -0.489 e. The third kappa shape index (κ3) is 2.44. The number of aromatic carboxylic acids is 1. The molecule has 1 aromatic rings. The molecule has 0 saturated carbocycles. The van der Waals surface area contributed by atoms with Gasteiger partial charge in [0.25, 0.3) is 6.43 Å². The van der Waals surface area contributed by atoms with Crippen LogP contribution in [0.4, 0.5) is 14.5 Å². The molecule has 1 heterocycles. The van der Waals surface area contributed by atoms with Gasteiger partial charge in [0.2, 0.25) is 5.75 Å². The lowest BCUT2D eigenvalue weighted by Crippen LogP contribution is -2.08. The molecule has 9 heteroatoms. The van der Waals surface area contributed by atoms with Crippen LogP contribution < -0.4 is 4.74 Å². The number of nitro groups is 1. The fraction of sp³-hybridized carbons (Fsp3) is 0.250. The quantitative estimate of drug-likeness (QED) is 0.641. The smallest absolute Gasteiger partial charge is 0.354 e. The number of carboxylic acid groups (broad SMARTS) is 1. The molecule has 92 valence electrons. The van der Waals surface area contributed by atoms with Crippen molar-refractivity contribution in [3.05, 3.63) is 27.6 Å². The standard InChI is InChI=1S/C8H6F2N2O5/c1-17-6-4(12(15)16)2-3(8(13)14)11-5(6)7(9)10/h2,7H,1H3,(H,13,14). The number of ether oxygens (including phenoxy) is 1. The average molecular weight is 248 g/mol. The first kappa shape index (κ1) is 12.7. The van der Waals surface area contributed by atoms with Crippen molar-refractivity contribution in [3.8, 4) is 5.75 Å². The summed E-state index contributed by atoms with van der Waals surface area (Å²) in [7, 11) is 0.955. The number of alkyl halides is 2. The summed E-state index contributed by atoms with van der Waals surface area (Å²) in [5.74, 6) is -2.38. The summed E-state index contributed by atoms with van der Waals surface area (Å²) in [6.45, 7) is 0. The molecule has 0 aliphatic carbocycles. The van der Waals surface area contributed by atoms with E-state index in [1.54, 1.807) is 0 Å². The average Bonchev–Trinajstić information content (AvgIpc) is 2.26. The minimum absolute atomic E-state index is 0.563. The van der Waals surface area contributed by atoms with Gasteiger partial charge in [0.1, 0.15) is 0 Å². The maximum Gasteiger partial charge on any atom is 0.354 e. The molecule has 0 aliphatic heterocycles. The fourth-order valence-corrected chi connectivity index (χ4v) is 1.14. The zero-order chi connectivity index (χ0) is 13.2. The molecule has 0 spiro atoms. The number of hydrogen-bond donors (Lipinski definition) is 1. The fourth-order valence-electron chi connectivity index (χ4n) is 1.14. The monoisotopic (exact) mass is 248 g/mol. The first-order chi connectivity index (χ1) is 7.88. The van der Waals surface area contributed by atoms with E-state index in [4.69, 9.17) is 5.11 Å². The Morgan fingerprint density at radius 2 is 2.24 bits per heavy atom. The van der Waals surface area contributed by atoms with Gasteiger partial charge in [-0.05, 0) is 0 Å². The van der Waals surface area contributed by atoms with Crippen molar-refractivity contribution < 1.29 is 28.3 Å². The topological polar surface area (TPSA) is 103 Å². The van der Waals surface area contributed by atoms with E-state index in [9.17, 15) is 23.7 Å². The van der Waals surface area contributed by atoms with Gasteiger partial charge >= 0.3 is 11.7 Å². The highest BCUT2D eigenvalue weighted by atomic mass is 19.3. The molecule has 1 aromatic heterocycles. The summed E-state index contributed by atoms with van der Waals surface area (Å²) < 4.78 is 29.5. The van der Waals surface area contributed by atoms with Crippen LogP contribution >= 0.6 is 0 Å². The van der Waals surface area contributed by atoms with E-state index in [0.717, 1.165) is 7.11 Å². The van der Waals surface area contributed by atoms with Gasteiger partial charge in [-0.15, -0.1) is 0 Å². The van der Waals surface area contributed by atoms with E-state index >= 15 is 0 Å². The van der Waals surface area contributed by atoms with Gasteiger partial charge in [-0.25, -0.2) is 18.6 Å². The first-order valence-corrected chi connectivity index (χ1v) is 4.13. The number of hydrogen-bond acceptors (Lipinski definition) is 5. The Balaban J connectivity index is 3.57. The Bertz CT molecular complexity index is 477. The van der Waals surface area contributed by atoms with Crippen LogP contribution in [0.15, 0.2) is 6.07 Å². The van der Waals surface area contributed by atoms with Gasteiger partial charge in [-0.1, -0.05) is 0 Å². The molecule has 0 amide bonds. The van der Waals surface area contributed by atoms with Crippen molar-refractivity contribution in [2.45, 2.75) is 6.43 Å². The van der Waals surface area contributed by atoms with Crippen LogP contribution in [-0.4, -0.2) is 28.1 Å². The van der Waals surface area contributed by atoms with Gasteiger partial charge in [-0.2, -0.15) is 0 Å². The SMILES string of the molecule is COc1c([N+](=O)[O-])cc(C(=O)O)nc1C(F)F. The van der Waals surface area contributed by atoms with Crippen LogP contribution in [0, 0.1) is 10.1 Å². The lowest BCUT2D eigenvalue weighted by molar-refractivity contribution is -0.386. The summed E-state index contributed by atoms with van der Waals surface area (Å²) in [5, 5.41) is 19.2. The van der Waals surface area contributed by atoms with E-state index < -0.39 is 40.1 Å². The van der Waals surface area contributed by atoms with E-state index in [2.05, 4.69) is 9.72 Å². The lowest BCUT2D eigenvalue weighted by atomic mass is 10.2. The normalized spacial score (nSPS) is 10.4. The zero-order valence-corrected chi connectivity index (χ0v) is 8.39. The zero-order valence-electron chi connectivity index (χ0n) is 8.39. The number of methoxy groups -OCH3 is 1. The number of carboxylic acids is 1. The molecular formula is C8H6F2N2O5. The molecule has 0 saturated heterocycles. The van der Waals surface area contributed by atoms with Crippen molar-refractivity contribution in [2.75, 3.05) is 7.11 Å². The molecule has 0 aliphatic rings. The predicted octanol–water partition coefficient (Wildman–Crippen LogP) is 1.63. The van der Waals surface area contributed by atoms with Gasteiger partial charge < -0.3 is 9.84 Å². The molecule has 0 atom stereocenters. The third-order valence-electron chi connectivity index (χ3n) is 1.81. The molecule has 0 fully saturated rings. The van der Waals surface area contributed by atoms with Crippen molar-refractivity contribution in [1.29, 1.82) is 0 Å². The maximum absolute atomic E-state index is 12.5. The van der Waals surface area contributed by atoms with Crippen molar-refractivity contribution in [2.24, 2.45) is 0 Å². The highest BCUT2D eigenvalue weighted by molar-refractivity contribution is 5.86. The second-order valence-electron chi connectivity index (χ2n) is 2.81. The molecule has 17 heavy (non-hydrogen) atoms. The van der Waals surface area contributed by atoms with Gasteiger partial charge in [-0.3, -0.25) is 10.1 Å². The molecule has 1 N–H and O–H groups in total. The molecular weight excluding hydrogens is 242 g/mol. The number of carbonyl (C=O) groups is 1. The number of rotatable bonds is 4. The summed E-state index contributed by atoms with van der Waals surface area (Å²) >= 11 is 0.